The predicted molar refractivity (Wildman–Crippen MR) is 86.0 cm³/mol. The lowest BCUT2D eigenvalue weighted by Crippen LogP contribution is -2.23. The molecule has 0 aromatic heterocycles. The van der Waals surface area contributed by atoms with E-state index in [9.17, 15) is 13.2 Å². The Hall–Kier alpha value is -1.19. The number of aliphatic imine (C=N–C) groups is 1. The maximum atomic E-state index is 12.1. The Kier molecular flexibility index (Phi) is 6.11. The normalized spacial score (nSPS) is 21.4. The molecule has 0 saturated heterocycles. The Bertz CT molecular complexity index is 508. The molecule has 0 unspecified atom stereocenters. The Morgan fingerprint density at radius 3 is 2.76 bits per heavy atom. The van der Waals surface area contributed by atoms with Crippen LogP contribution < -0.4 is 15.8 Å². The molecule has 0 bridgehead atoms. The van der Waals surface area contributed by atoms with E-state index in [1.165, 1.54) is 18.2 Å². The van der Waals surface area contributed by atoms with Crippen LogP contribution in [0.2, 0.25) is 0 Å². The molecule has 2 rings (SSSR count). The van der Waals surface area contributed by atoms with E-state index in [1.807, 2.05) is 0 Å². The van der Waals surface area contributed by atoms with Crippen LogP contribution in [0.3, 0.4) is 0 Å². The first-order valence-corrected chi connectivity index (χ1v) is 6.33. The van der Waals surface area contributed by atoms with Gasteiger partial charge in [-0.25, -0.2) is 4.99 Å². The average Bonchev–Trinajstić information content (AvgIpc) is 3.05. The lowest BCUT2D eigenvalue weighted by Gasteiger charge is -2.11. The number of halogens is 4. The Labute approximate surface area is 138 Å². The van der Waals surface area contributed by atoms with Crippen LogP contribution in [0.5, 0.6) is 5.75 Å². The molecule has 4 nitrogen and oxygen atoms in total. The van der Waals surface area contributed by atoms with E-state index >= 15 is 0 Å². The summed E-state index contributed by atoms with van der Waals surface area (Å²) in [4.78, 5) is 4.26. The van der Waals surface area contributed by atoms with Crippen molar-refractivity contribution in [2.75, 3.05) is 5.32 Å². The first-order valence-electron chi connectivity index (χ1n) is 6.33. The van der Waals surface area contributed by atoms with Crippen LogP contribution in [0.25, 0.3) is 0 Å². The van der Waals surface area contributed by atoms with Crippen LogP contribution >= 0.6 is 24.0 Å². The van der Waals surface area contributed by atoms with Crippen molar-refractivity contribution >= 4 is 35.6 Å². The molecule has 1 aromatic carbocycles. The summed E-state index contributed by atoms with van der Waals surface area (Å²) in [6.45, 7) is 2.09. The van der Waals surface area contributed by atoms with Crippen molar-refractivity contribution in [3.05, 3.63) is 24.3 Å². The van der Waals surface area contributed by atoms with Gasteiger partial charge in [0.25, 0.3) is 0 Å². The summed E-state index contributed by atoms with van der Waals surface area (Å²) in [7, 11) is 0. The third-order valence-corrected chi connectivity index (χ3v) is 3.05. The number of benzene rings is 1. The van der Waals surface area contributed by atoms with Crippen molar-refractivity contribution in [1.29, 1.82) is 0 Å². The second-order valence-electron chi connectivity index (χ2n) is 4.69. The third-order valence-electron chi connectivity index (χ3n) is 3.05. The number of guanidine groups is 1. The summed E-state index contributed by atoms with van der Waals surface area (Å²) in [5.74, 6) is 0.471. The monoisotopic (exact) mass is 415 g/mol. The van der Waals surface area contributed by atoms with Gasteiger partial charge in [0, 0.05) is 11.8 Å². The van der Waals surface area contributed by atoms with Gasteiger partial charge in [0.1, 0.15) is 5.75 Å². The largest absolute Gasteiger partial charge is 0.573 e. The molecule has 0 amide bonds. The number of nitrogens with zero attached hydrogens (tertiary/aromatic N) is 1. The Balaban J connectivity index is 0.00000220. The third kappa shape index (κ3) is 5.98. The van der Waals surface area contributed by atoms with Gasteiger partial charge < -0.3 is 15.8 Å². The molecule has 1 aliphatic rings. The standard InChI is InChI=1S/C13H16F3N3O.HI/c1-2-8-6-11(8)19-12(17)18-9-4-3-5-10(7-9)20-13(14,15)16;/h3-5,7-8,11H,2,6H2,1H3,(H3,17,18,19);1H/t8-,11-;/m1./s1. The Morgan fingerprint density at radius 2 is 2.19 bits per heavy atom. The molecular formula is C13H17F3IN3O. The van der Waals surface area contributed by atoms with Crippen LogP contribution in [-0.2, 0) is 0 Å². The molecule has 0 heterocycles. The van der Waals surface area contributed by atoms with Gasteiger partial charge in [-0.15, -0.1) is 37.1 Å². The molecule has 2 atom stereocenters. The molecule has 1 fully saturated rings. The average molecular weight is 415 g/mol. The summed E-state index contributed by atoms with van der Waals surface area (Å²) in [5.41, 5.74) is 6.12. The number of alkyl halides is 3. The van der Waals surface area contributed by atoms with Crippen molar-refractivity contribution in [1.82, 2.24) is 0 Å². The highest BCUT2D eigenvalue weighted by Gasteiger charge is 2.35. The van der Waals surface area contributed by atoms with E-state index in [0.29, 0.717) is 11.6 Å². The van der Waals surface area contributed by atoms with Crippen LogP contribution in [0.4, 0.5) is 18.9 Å². The van der Waals surface area contributed by atoms with Gasteiger partial charge in [-0.05, 0) is 24.5 Å². The molecule has 0 radical (unpaired) electrons. The minimum atomic E-state index is -4.71. The molecule has 1 saturated carbocycles. The van der Waals surface area contributed by atoms with Crippen LogP contribution in [-0.4, -0.2) is 18.4 Å². The van der Waals surface area contributed by atoms with Gasteiger partial charge in [0.15, 0.2) is 5.96 Å². The Morgan fingerprint density at radius 1 is 1.48 bits per heavy atom. The molecule has 118 valence electrons. The molecular weight excluding hydrogens is 398 g/mol. The molecule has 3 N–H and O–H groups in total. The molecule has 1 aliphatic carbocycles. The lowest BCUT2D eigenvalue weighted by molar-refractivity contribution is -0.274. The lowest BCUT2D eigenvalue weighted by atomic mass is 10.3. The zero-order chi connectivity index (χ0) is 14.8. The topological polar surface area (TPSA) is 59.6 Å². The van der Waals surface area contributed by atoms with E-state index in [1.54, 1.807) is 6.07 Å². The van der Waals surface area contributed by atoms with Gasteiger partial charge in [-0.2, -0.15) is 0 Å². The number of ether oxygens (including phenoxy) is 1. The number of hydrogen-bond acceptors (Lipinski definition) is 2. The fourth-order valence-corrected chi connectivity index (χ4v) is 1.96. The first kappa shape index (κ1) is 17.9. The van der Waals surface area contributed by atoms with E-state index in [0.717, 1.165) is 12.8 Å². The van der Waals surface area contributed by atoms with Crippen molar-refractivity contribution in [2.24, 2.45) is 16.6 Å². The molecule has 8 heteroatoms. The van der Waals surface area contributed by atoms with Gasteiger partial charge in [0.05, 0.1) is 6.04 Å². The molecule has 21 heavy (non-hydrogen) atoms. The van der Waals surface area contributed by atoms with Crippen molar-refractivity contribution in [2.45, 2.75) is 32.2 Å². The predicted octanol–water partition coefficient (Wildman–Crippen LogP) is 3.73. The maximum absolute atomic E-state index is 12.1. The van der Waals surface area contributed by atoms with Gasteiger partial charge >= 0.3 is 6.36 Å². The number of rotatable bonds is 4. The summed E-state index contributed by atoms with van der Waals surface area (Å²) < 4.78 is 40.2. The molecule has 0 spiro atoms. The second kappa shape index (κ2) is 7.19. The smallest absolute Gasteiger partial charge is 0.406 e. The molecule has 0 aliphatic heterocycles. The van der Waals surface area contributed by atoms with E-state index < -0.39 is 6.36 Å². The highest BCUT2D eigenvalue weighted by molar-refractivity contribution is 14.0. The van der Waals surface area contributed by atoms with Crippen molar-refractivity contribution in [3.63, 3.8) is 0 Å². The minimum absolute atomic E-state index is 0. The van der Waals surface area contributed by atoms with Crippen molar-refractivity contribution in [3.8, 4) is 5.75 Å². The number of nitrogens with two attached hydrogens (primary N) is 1. The van der Waals surface area contributed by atoms with E-state index in [2.05, 4.69) is 22.0 Å². The number of nitrogens with one attached hydrogen (secondary N) is 1. The molecule has 1 aromatic rings. The maximum Gasteiger partial charge on any atom is 0.573 e. The van der Waals surface area contributed by atoms with Crippen molar-refractivity contribution < 1.29 is 17.9 Å². The van der Waals surface area contributed by atoms with Crippen LogP contribution in [0.15, 0.2) is 29.3 Å². The number of hydrogen-bond donors (Lipinski definition) is 2. The minimum Gasteiger partial charge on any atom is -0.406 e. The summed E-state index contributed by atoms with van der Waals surface area (Å²) in [6, 6.07) is 5.71. The van der Waals surface area contributed by atoms with Gasteiger partial charge in [-0.3, -0.25) is 0 Å². The zero-order valence-electron chi connectivity index (χ0n) is 11.4. The quantitative estimate of drug-likeness (QED) is 0.448. The van der Waals surface area contributed by atoms with Crippen LogP contribution in [0.1, 0.15) is 19.8 Å². The second-order valence-corrected chi connectivity index (χ2v) is 4.69. The summed E-state index contributed by atoms with van der Waals surface area (Å²) in [5, 5.41) is 2.76. The summed E-state index contributed by atoms with van der Waals surface area (Å²) in [6.07, 6.45) is -2.65. The number of anilines is 1. The summed E-state index contributed by atoms with van der Waals surface area (Å²) >= 11 is 0. The highest BCUT2D eigenvalue weighted by atomic mass is 127. The SMILES string of the molecule is CC[C@@H]1C[C@H]1N=C(N)Nc1cccc(OC(F)(F)F)c1.I. The van der Waals surface area contributed by atoms with E-state index in [-0.39, 0.29) is 41.7 Å². The van der Waals surface area contributed by atoms with Gasteiger partial charge in [0.2, 0.25) is 0 Å². The zero-order valence-corrected chi connectivity index (χ0v) is 13.7. The van der Waals surface area contributed by atoms with Gasteiger partial charge in [-0.1, -0.05) is 19.4 Å². The fraction of sp³-hybridized carbons (Fsp3) is 0.462. The van der Waals surface area contributed by atoms with E-state index in [4.69, 9.17) is 5.73 Å². The first-order chi connectivity index (χ1) is 9.37. The highest BCUT2D eigenvalue weighted by Crippen LogP contribution is 2.36. The fourth-order valence-electron chi connectivity index (χ4n) is 1.96. The van der Waals surface area contributed by atoms with Crippen LogP contribution in [0, 0.1) is 5.92 Å².